The monoisotopic (exact) mass is 977 g/mol. The zero-order chi connectivity index (χ0) is 53.1. The minimum Gasteiger partial charge on any atom is -0.501 e. The number of furan rings is 1. The molecule has 0 atom stereocenters. The third kappa shape index (κ3) is 9.53. The molecular formula is C55H53IrN3O-2. The summed E-state index contributed by atoms with van der Waals surface area (Å²) in [7, 11) is 0. The van der Waals surface area contributed by atoms with Gasteiger partial charge in [-0.25, -0.2) is 0 Å². The smallest absolute Gasteiger partial charge is 0.121 e. The van der Waals surface area contributed by atoms with Crippen molar-refractivity contribution < 1.29 is 42.3 Å². The van der Waals surface area contributed by atoms with E-state index in [1.54, 1.807) is 90.9 Å². The Kier molecular flexibility index (Phi) is 9.01. The summed E-state index contributed by atoms with van der Waals surface area (Å²) in [6, 6.07) is 36.1. The summed E-state index contributed by atoms with van der Waals surface area (Å²) < 4.78 is 114. The molecule has 0 amide bonds. The summed E-state index contributed by atoms with van der Waals surface area (Å²) in [6.45, 7) is 12.0. The molecule has 305 valence electrons. The second-order valence-corrected chi connectivity index (χ2v) is 15.9. The van der Waals surface area contributed by atoms with E-state index in [1.165, 1.54) is 24.5 Å². The number of fused-ring (bicyclic) bond motifs is 3. The summed E-state index contributed by atoms with van der Waals surface area (Å²) in [5.74, 6) is -2.33. The fourth-order valence-electron chi connectivity index (χ4n) is 7.03. The standard InChI is InChI=1S/C37H34NO.C18H19N2.Ir/c1-22(2)31-18-27(26-11-8-7-9-12-26)19-32(23(3)4)36(31)33-20-34(38-21-25(33)6)30-14-10-13-29-28-16-15-24(5)17-35(28)39-37(29)30;1-13-12-20-17(10-15(13)11-18(2,3)4)14-7-6-8-16(9-14)19-5;/h7-13,15-23H,1-6H3;6,8-10,12H,11H2,1-4H3;/q2*-1;/i5D3,6D3,22D,23D;1D3,11D2;. The number of aromatic nitrogens is 2. The van der Waals surface area contributed by atoms with Crippen LogP contribution in [-0.4, -0.2) is 9.97 Å². The quantitative estimate of drug-likeness (QED) is 0.150. The van der Waals surface area contributed by atoms with E-state index in [-0.39, 0.29) is 42.4 Å². The number of hydrogen-bond donors (Lipinski definition) is 0. The van der Waals surface area contributed by atoms with Crippen LogP contribution in [0.4, 0.5) is 5.69 Å². The van der Waals surface area contributed by atoms with Crippen LogP contribution in [0.25, 0.3) is 71.6 Å². The second-order valence-electron chi connectivity index (χ2n) is 15.9. The SMILES string of the molecule is [2H]C([2H])([2H])c1ccc2c(c1)oc1c(-c3cc(-c4c(C([2H])(C)C)cc(-c5ccccc5)cc4C([2H])(C)C)c(C([2H])([2H])[2H])cn3)[c-]ccc12.[2H]C([2H])([2H])c1cnc(-c2[c-]ccc([N+]#[C-])c2)cc1C([2H])([2H])C(C)(C)C.[Ir]. The van der Waals surface area contributed by atoms with Crippen molar-refractivity contribution in [3.8, 4) is 44.8 Å². The molecule has 0 aliphatic heterocycles. The van der Waals surface area contributed by atoms with E-state index in [4.69, 9.17) is 26.1 Å². The first-order valence-electron chi connectivity index (χ1n) is 25.8. The van der Waals surface area contributed by atoms with E-state index in [0.29, 0.717) is 61.6 Å². The zero-order valence-corrected chi connectivity index (χ0v) is 36.9. The molecule has 3 heterocycles. The number of benzene rings is 5. The van der Waals surface area contributed by atoms with Crippen LogP contribution in [0.3, 0.4) is 0 Å². The summed E-state index contributed by atoms with van der Waals surface area (Å²) in [6.07, 6.45) is 0.664. The van der Waals surface area contributed by atoms with Gasteiger partial charge >= 0.3 is 0 Å². The van der Waals surface area contributed by atoms with Gasteiger partial charge in [0.05, 0.1) is 12.2 Å². The Morgan fingerprint density at radius 1 is 0.767 bits per heavy atom. The van der Waals surface area contributed by atoms with Crippen LogP contribution in [0.15, 0.2) is 120 Å². The number of pyridine rings is 2. The van der Waals surface area contributed by atoms with E-state index < -0.39 is 44.1 Å². The third-order valence-electron chi connectivity index (χ3n) is 9.79. The first-order chi connectivity index (χ1) is 33.2. The summed E-state index contributed by atoms with van der Waals surface area (Å²) in [4.78, 5) is 12.1. The molecule has 3 aromatic heterocycles. The minimum absolute atomic E-state index is 0. The van der Waals surface area contributed by atoms with E-state index in [1.807, 2.05) is 48.5 Å². The fraction of sp³-hybridized carbons (Fsp3) is 0.255. The van der Waals surface area contributed by atoms with E-state index in [9.17, 15) is 2.74 Å². The molecule has 0 aliphatic rings. The van der Waals surface area contributed by atoms with Crippen molar-refractivity contribution in [2.75, 3.05) is 0 Å². The van der Waals surface area contributed by atoms with E-state index in [0.717, 1.165) is 21.9 Å². The van der Waals surface area contributed by atoms with E-state index in [2.05, 4.69) is 26.9 Å². The molecule has 0 saturated carbocycles. The van der Waals surface area contributed by atoms with Crippen LogP contribution in [0.1, 0.15) is 111 Å². The van der Waals surface area contributed by atoms with Gasteiger partial charge in [0.1, 0.15) is 11.3 Å². The third-order valence-corrected chi connectivity index (χ3v) is 9.79. The van der Waals surface area contributed by atoms with Gasteiger partial charge in [0.25, 0.3) is 0 Å². The van der Waals surface area contributed by atoms with Gasteiger partial charge in [-0.15, -0.1) is 42.0 Å². The van der Waals surface area contributed by atoms with Gasteiger partial charge in [-0.2, -0.15) is 6.07 Å². The van der Waals surface area contributed by atoms with Crippen molar-refractivity contribution in [1.82, 2.24) is 9.97 Å². The average Bonchev–Trinajstić information content (AvgIpc) is 3.68. The predicted octanol–water partition coefficient (Wildman–Crippen LogP) is 15.6. The molecule has 4 nitrogen and oxygen atoms in total. The average molecular weight is 977 g/mol. The maximum absolute atomic E-state index is 9.22. The largest absolute Gasteiger partial charge is 0.501 e. The molecule has 0 fully saturated rings. The summed E-state index contributed by atoms with van der Waals surface area (Å²) in [5, 5.41) is 1.47. The number of rotatable bonds is 7. The van der Waals surface area contributed by atoms with Crippen LogP contribution < -0.4 is 0 Å². The maximum Gasteiger partial charge on any atom is 0.121 e. The van der Waals surface area contributed by atoms with Crippen molar-refractivity contribution in [2.45, 2.75) is 87.2 Å². The number of aryl methyl sites for hydroxylation is 3. The minimum atomic E-state index is -2.55. The molecule has 0 spiro atoms. The molecule has 0 unspecified atom stereocenters. The van der Waals surface area contributed by atoms with Crippen LogP contribution in [0, 0.1) is 44.7 Å². The molecule has 8 rings (SSSR count). The van der Waals surface area contributed by atoms with Gasteiger partial charge in [-0.05, 0) is 112 Å². The van der Waals surface area contributed by atoms with Gasteiger partial charge in [-0.3, -0.25) is 4.85 Å². The Hall–Kier alpha value is -5.66. The fourth-order valence-corrected chi connectivity index (χ4v) is 7.03. The van der Waals surface area contributed by atoms with E-state index >= 15 is 0 Å². The van der Waals surface area contributed by atoms with Crippen molar-refractivity contribution in [3.63, 3.8) is 0 Å². The summed E-state index contributed by atoms with van der Waals surface area (Å²) >= 11 is 0. The Bertz CT molecular complexity index is 3330. The molecular weight excluding hydrogens is 911 g/mol. The van der Waals surface area contributed by atoms with Crippen LogP contribution >= 0.6 is 0 Å². The first-order valence-corrected chi connectivity index (χ1v) is 19.3. The normalized spacial score (nSPS) is 15.8. The second kappa shape index (κ2) is 18.3. The van der Waals surface area contributed by atoms with Gasteiger partial charge in [0.2, 0.25) is 0 Å². The molecule has 60 heavy (non-hydrogen) atoms. The van der Waals surface area contributed by atoms with Crippen LogP contribution in [-0.2, 0) is 26.5 Å². The Morgan fingerprint density at radius 2 is 1.47 bits per heavy atom. The van der Waals surface area contributed by atoms with Crippen molar-refractivity contribution >= 4 is 27.6 Å². The zero-order valence-electron chi connectivity index (χ0n) is 47.6. The van der Waals surface area contributed by atoms with Gasteiger partial charge in [0, 0.05) is 55.7 Å². The molecule has 5 aromatic carbocycles. The van der Waals surface area contributed by atoms with Gasteiger partial charge in [-0.1, -0.05) is 132 Å². The molecule has 5 heteroatoms. The van der Waals surface area contributed by atoms with Gasteiger partial charge < -0.3 is 14.4 Å². The van der Waals surface area contributed by atoms with Crippen LogP contribution in [0.5, 0.6) is 0 Å². The van der Waals surface area contributed by atoms with Crippen molar-refractivity contribution in [3.05, 3.63) is 172 Å². The molecule has 0 N–H and O–H groups in total. The maximum atomic E-state index is 9.22. The van der Waals surface area contributed by atoms with Crippen LogP contribution in [0.2, 0.25) is 0 Å². The molecule has 0 bridgehead atoms. The van der Waals surface area contributed by atoms with Crippen molar-refractivity contribution in [1.29, 1.82) is 0 Å². The Morgan fingerprint density at radius 3 is 2.13 bits per heavy atom. The van der Waals surface area contributed by atoms with Gasteiger partial charge in [0.15, 0.2) is 0 Å². The van der Waals surface area contributed by atoms with Crippen molar-refractivity contribution in [2.24, 2.45) is 5.41 Å². The predicted molar refractivity (Wildman–Crippen MR) is 247 cm³/mol. The molecule has 1 radical (unpaired) electrons. The Labute approximate surface area is 388 Å². The first kappa shape index (κ1) is 29.5. The number of nitrogens with zero attached hydrogens (tertiary/aromatic N) is 3. The molecule has 0 saturated heterocycles. The topological polar surface area (TPSA) is 43.3 Å². The number of hydrogen-bond acceptors (Lipinski definition) is 3. The summed E-state index contributed by atoms with van der Waals surface area (Å²) in [5.41, 5.74) is 6.17. The Balaban J connectivity index is 0.000000283. The molecule has 0 aliphatic carbocycles. The molecule has 8 aromatic rings.